The van der Waals surface area contributed by atoms with E-state index in [4.69, 9.17) is 14.5 Å². The van der Waals surface area contributed by atoms with Crippen LogP contribution in [0.15, 0.2) is 72.8 Å². The molecule has 10 nitrogen and oxygen atoms in total. The molecule has 0 spiro atoms. The standard InChI is InChI=1S/C26H18O10/c27-15-6-5-14(20(11-15)24(29)30)13-34-36-23-10-9-22(17-3-1-2-4-18(17)23)35-26(33)19-8-7-16(28)12-21(19)25(31)32/h1-12,27-28H,13H2,(H,29,30)(H,31,32). The van der Waals surface area contributed by atoms with Gasteiger partial charge in [0.2, 0.25) is 0 Å². The third-order valence-electron chi connectivity index (χ3n) is 5.19. The summed E-state index contributed by atoms with van der Waals surface area (Å²) in [5, 5.41) is 38.7. The lowest BCUT2D eigenvalue weighted by atomic mass is 10.1. The number of ether oxygens (including phenoxy) is 1. The Morgan fingerprint density at radius 3 is 1.92 bits per heavy atom. The fourth-order valence-electron chi connectivity index (χ4n) is 3.49. The van der Waals surface area contributed by atoms with Crippen LogP contribution >= 0.6 is 0 Å². The van der Waals surface area contributed by atoms with E-state index >= 15 is 0 Å². The van der Waals surface area contributed by atoms with E-state index in [0.717, 1.165) is 18.2 Å². The smallest absolute Gasteiger partial charge is 0.344 e. The number of carboxylic acid groups (broad SMARTS) is 2. The topological polar surface area (TPSA) is 160 Å². The number of esters is 1. The average molecular weight is 490 g/mol. The predicted molar refractivity (Wildman–Crippen MR) is 124 cm³/mol. The summed E-state index contributed by atoms with van der Waals surface area (Å²) in [6, 6.07) is 16.8. The van der Waals surface area contributed by atoms with Gasteiger partial charge in [-0.3, -0.25) is 0 Å². The van der Waals surface area contributed by atoms with Crippen LogP contribution in [0.2, 0.25) is 0 Å². The maximum Gasteiger partial charge on any atom is 0.344 e. The molecule has 0 aromatic heterocycles. The predicted octanol–water partition coefficient (Wildman–Crippen LogP) is 4.38. The molecule has 0 aliphatic heterocycles. The van der Waals surface area contributed by atoms with Gasteiger partial charge in [-0.05, 0) is 48.0 Å². The molecule has 4 aromatic carbocycles. The van der Waals surface area contributed by atoms with Crippen molar-refractivity contribution in [1.82, 2.24) is 0 Å². The molecular formula is C26H18O10. The van der Waals surface area contributed by atoms with E-state index in [9.17, 15) is 34.8 Å². The van der Waals surface area contributed by atoms with Crippen molar-refractivity contribution in [3.63, 3.8) is 0 Å². The van der Waals surface area contributed by atoms with Crippen molar-refractivity contribution in [3.05, 3.63) is 95.1 Å². The van der Waals surface area contributed by atoms with Crippen molar-refractivity contribution in [2.45, 2.75) is 6.61 Å². The molecule has 36 heavy (non-hydrogen) atoms. The van der Waals surface area contributed by atoms with Gasteiger partial charge in [0.25, 0.3) is 0 Å². The lowest BCUT2D eigenvalue weighted by Gasteiger charge is -2.13. The Hall–Kier alpha value is -5.09. The number of fused-ring (bicyclic) bond motifs is 1. The number of rotatable bonds is 8. The van der Waals surface area contributed by atoms with E-state index in [1.54, 1.807) is 24.3 Å². The van der Waals surface area contributed by atoms with Crippen LogP contribution in [-0.4, -0.2) is 38.3 Å². The zero-order valence-corrected chi connectivity index (χ0v) is 18.4. The van der Waals surface area contributed by atoms with Crippen molar-refractivity contribution in [3.8, 4) is 23.0 Å². The van der Waals surface area contributed by atoms with Gasteiger partial charge < -0.3 is 30.1 Å². The molecule has 4 aromatic rings. The Balaban J connectivity index is 1.56. The molecule has 10 heteroatoms. The minimum absolute atomic E-state index is 0.124. The third-order valence-corrected chi connectivity index (χ3v) is 5.19. The summed E-state index contributed by atoms with van der Waals surface area (Å²) in [6.45, 7) is -0.230. The molecule has 0 heterocycles. The first-order chi connectivity index (χ1) is 17.2. The molecule has 0 saturated carbocycles. The summed E-state index contributed by atoms with van der Waals surface area (Å²) >= 11 is 0. The van der Waals surface area contributed by atoms with Gasteiger partial charge in [0.1, 0.15) is 23.9 Å². The Labute approximate surface area is 203 Å². The van der Waals surface area contributed by atoms with Gasteiger partial charge in [0.05, 0.1) is 16.7 Å². The summed E-state index contributed by atoms with van der Waals surface area (Å²) < 4.78 is 5.46. The summed E-state index contributed by atoms with van der Waals surface area (Å²) in [4.78, 5) is 46.2. The second-order valence-electron chi connectivity index (χ2n) is 7.52. The molecule has 0 atom stereocenters. The Morgan fingerprint density at radius 2 is 1.25 bits per heavy atom. The number of carboxylic acids is 2. The number of aromatic hydroxyl groups is 2. The fraction of sp³-hybridized carbons (Fsp3) is 0.0385. The van der Waals surface area contributed by atoms with Gasteiger partial charge in [0, 0.05) is 10.8 Å². The van der Waals surface area contributed by atoms with E-state index in [-0.39, 0.29) is 46.3 Å². The molecule has 4 N–H and O–H groups in total. The first kappa shape index (κ1) is 24.0. The lowest BCUT2D eigenvalue weighted by molar-refractivity contribution is -0.216. The minimum atomic E-state index is -1.40. The van der Waals surface area contributed by atoms with Crippen LogP contribution < -0.4 is 9.62 Å². The van der Waals surface area contributed by atoms with Gasteiger partial charge in [-0.2, -0.15) is 4.89 Å². The molecule has 0 radical (unpaired) electrons. The van der Waals surface area contributed by atoms with E-state index in [0.29, 0.717) is 10.8 Å². The number of carbonyl (C=O) groups excluding carboxylic acids is 1. The largest absolute Gasteiger partial charge is 0.508 e. The second-order valence-corrected chi connectivity index (χ2v) is 7.52. The summed E-state index contributed by atoms with van der Waals surface area (Å²) in [6.07, 6.45) is 0. The van der Waals surface area contributed by atoms with Gasteiger partial charge in [0.15, 0.2) is 5.75 Å². The number of benzene rings is 4. The highest BCUT2D eigenvalue weighted by atomic mass is 17.2. The summed E-state index contributed by atoms with van der Waals surface area (Å²) in [5.74, 6) is -3.70. The minimum Gasteiger partial charge on any atom is -0.508 e. The Morgan fingerprint density at radius 1 is 0.667 bits per heavy atom. The molecule has 0 unspecified atom stereocenters. The molecule has 0 bridgehead atoms. The van der Waals surface area contributed by atoms with Gasteiger partial charge >= 0.3 is 17.9 Å². The van der Waals surface area contributed by atoms with E-state index in [1.165, 1.54) is 30.3 Å². The van der Waals surface area contributed by atoms with Gasteiger partial charge in [-0.15, -0.1) is 0 Å². The molecule has 0 aliphatic rings. The van der Waals surface area contributed by atoms with Crippen LogP contribution in [-0.2, 0) is 11.5 Å². The normalized spacial score (nSPS) is 10.7. The molecule has 0 aliphatic carbocycles. The van der Waals surface area contributed by atoms with Crippen LogP contribution in [0, 0.1) is 0 Å². The van der Waals surface area contributed by atoms with Crippen molar-refractivity contribution in [2.24, 2.45) is 0 Å². The monoisotopic (exact) mass is 490 g/mol. The number of phenolic OH excluding ortho intramolecular Hbond substituents is 2. The summed E-state index contributed by atoms with van der Waals surface area (Å²) in [7, 11) is 0. The first-order valence-electron chi connectivity index (χ1n) is 10.4. The first-order valence-corrected chi connectivity index (χ1v) is 10.4. The number of carbonyl (C=O) groups is 3. The van der Waals surface area contributed by atoms with E-state index in [2.05, 4.69) is 0 Å². The highest BCUT2D eigenvalue weighted by Gasteiger charge is 2.21. The van der Waals surface area contributed by atoms with E-state index < -0.39 is 23.5 Å². The molecule has 4 rings (SSSR count). The fourth-order valence-corrected chi connectivity index (χ4v) is 3.49. The Kier molecular flexibility index (Phi) is 6.70. The van der Waals surface area contributed by atoms with Crippen molar-refractivity contribution >= 4 is 28.7 Å². The van der Waals surface area contributed by atoms with Crippen LogP contribution in [0.4, 0.5) is 0 Å². The van der Waals surface area contributed by atoms with Crippen LogP contribution in [0.5, 0.6) is 23.0 Å². The molecule has 0 amide bonds. The quantitative estimate of drug-likeness (QED) is 0.121. The van der Waals surface area contributed by atoms with Crippen molar-refractivity contribution < 1.29 is 49.3 Å². The number of hydrogen-bond acceptors (Lipinski definition) is 8. The van der Waals surface area contributed by atoms with Gasteiger partial charge in [-0.25, -0.2) is 14.4 Å². The highest BCUT2D eigenvalue weighted by molar-refractivity contribution is 6.04. The number of phenols is 2. The molecular weight excluding hydrogens is 472 g/mol. The summed E-state index contributed by atoms with van der Waals surface area (Å²) in [5.41, 5.74) is -0.511. The highest BCUT2D eigenvalue weighted by Crippen LogP contribution is 2.34. The maximum atomic E-state index is 12.7. The van der Waals surface area contributed by atoms with E-state index in [1.807, 2.05) is 0 Å². The zero-order valence-electron chi connectivity index (χ0n) is 18.4. The maximum absolute atomic E-state index is 12.7. The Bertz CT molecular complexity index is 1490. The number of hydrogen-bond donors (Lipinski definition) is 4. The van der Waals surface area contributed by atoms with Crippen LogP contribution in [0.1, 0.15) is 36.6 Å². The second kappa shape index (κ2) is 10.0. The van der Waals surface area contributed by atoms with Crippen LogP contribution in [0.25, 0.3) is 10.8 Å². The molecule has 0 fully saturated rings. The zero-order chi connectivity index (χ0) is 25.8. The van der Waals surface area contributed by atoms with Crippen molar-refractivity contribution in [2.75, 3.05) is 0 Å². The SMILES string of the molecule is O=C(O)c1cc(O)ccc1COOc1ccc(OC(=O)c2ccc(O)cc2C(=O)O)c2ccccc12. The average Bonchev–Trinajstić information content (AvgIpc) is 2.85. The number of aromatic carboxylic acids is 2. The van der Waals surface area contributed by atoms with Crippen LogP contribution in [0.3, 0.4) is 0 Å². The van der Waals surface area contributed by atoms with Crippen molar-refractivity contribution in [1.29, 1.82) is 0 Å². The lowest BCUT2D eigenvalue weighted by Crippen LogP contribution is -2.14. The van der Waals surface area contributed by atoms with Gasteiger partial charge in [-0.1, -0.05) is 30.3 Å². The third kappa shape index (κ3) is 5.03. The molecule has 0 saturated heterocycles. The molecule has 182 valence electrons.